The minimum Gasteiger partial charge on any atom is -0.494 e. The van der Waals surface area contributed by atoms with Crippen LogP contribution < -0.4 is 10.1 Å². The molecular weight excluding hydrogens is 394 g/mol. The van der Waals surface area contributed by atoms with Crippen molar-refractivity contribution in [2.24, 2.45) is 0 Å². The number of carbonyl (C=O) groups is 1. The predicted octanol–water partition coefficient (Wildman–Crippen LogP) is 4.30. The number of carbonyl (C=O) groups excluding carboxylic acids is 1. The van der Waals surface area contributed by atoms with Crippen LogP contribution in [0.25, 0.3) is 11.0 Å². The van der Waals surface area contributed by atoms with Crippen molar-refractivity contribution >= 4 is 23.0 Å². The molecule has 0 saturated carbocycles. The normalized spacial score (nSPS) is 15.5. The number of methoxy groups -OCH3 is 1. The topological polar surface area (TPSA) is 74.6 Å². The summed E-state index contributed by atoms with van der Waals surface area (Å²) in [4.78, 5) is 17.9. The van der Waals surface area contributed by atoms with E-state index in [1.165, 1.54) is 0 Å². The third-order valence-corrected chi connectivity index (χ3v) is 5.22. The number of nitrogens with zero attached hydrogens (tertiary/aromatic N) is 2. The highest BCUT2D eigenvalue weighted by Gasteiger charge is 2.35. The van der Waals surface area contributed by atoms with Gasteiger partial charge in [-0.1, -0.05) is 31.2 Å². The molecule has 3 aromatic rings. The zero-order valence-corrected chi connectivity index (χ0v) is 18.1. The van der Waals surface area contributed by atoms with Gasteiger partial charge in [-0.25, -0.2) is 9.78 Å². The van der Waals surface area contributed by atoms with Crippen LogP contribution in [0.15, 0.2) is 59.8 Å². The Kier molecular flexibility index (Phi) is 6.23. The first kappa shape index (κ1) is 20.9. The number of benzene rings is 2. The summed E-state index contributed by atoms with van der Waals surface area (Å²) in [7, 11) is 1.58. The molecule has 1 unspecified atom stereocenters. The highest BCUT2D eigenvalue weighted by molar-refractivity contribution is 5.94. The number of esters is 1. The number of aromatic nitrogens is 2. The summed E-state index contributed by atoms with van der Waals surface area (Å²) in [5.41, 5.74) is 3.98. The van der Waals surface area contributed by atoms with E-state index in [9.17, 15) is 4.79 Å². The van der Waals surface area contributed by atoms with Gasteiger partial charge in [0.15, 0.2) is 0 Å². The first-order chi connectivity index (χ1) is 15.1. The van der Waals surface area contributed by atoms with E-state index in [-0.39, 0.29) is 12.6 Å². The molecule has 0 saturated heterocycles. The lowest BCUT2D eigenvalue weighted by Crippen LogP contribution is -2.29. The molecule has 0 radical (unpaired) electrons. The highest BCUT2D eigenvalue weighted by Crippen LogP contribution is 2.40. The van der Waals surface area contributed by atoms with Crippen LogP contribution in [-0.4, -0.2) is 42.5 Å². The highest BCUT2D eigenvalue weighted by atomic mass is 16.6. The summed E-state index contributed by atoms with van der Waals surface area (Å²) in [5.74, 6) is 1.08. The van der Waals surface area contributed by atoms with Gasteiger partial charge in [-0.15, -0.1) is 0 Å². The largest absolute Gasteiger partial charge is 0.494 e. The van der Waals surface area contributed by atoms with Crippen molar-refractivity contribution in [2.75, 3.05) is 32.2 Å². The average Bonchev–Trinajstić information content (AvgIpc) is 3.14. The van der Waals surface area contributed by atoms with Crippen LogP contribution in [0.1, 0.15) is 31.9 Å². The van der Waals surface area contributed by atoms with Crippen molar-refractivity contribution in [1.82, 2.24) is 9.55 Å². The molecule has 1 aliphatic rings. The molecule has 7 heteroatoms. The lowest BCUT2D eigenvalue weighted by atomic mass is 9.95. The van der Waals surface area contributed by atoms with E-state index in [2.05, 4.69) is 12.2 Å². The molecule has 0 bridgehead atoms. The second kappa shape index (κ2) is 9.22. The SMILES string of the molecule is CCCOc1cccc(C2C(C(=O)OCCOC)=C(C)Nc3nc4ccccc4n32)c1. The molecule has 1 N–H and O–H groups in total. The number of fused-ring (bicyclic) bond motifs is 3. The Hall–Kier alpha value is -3.32. The monoisotopic (exact) mass is 421 g/mol. The molecule has 31 heavy (non-hydrogen) atoms. The van der Waals surface area contributed by atoms with E-state index in [4.69, 9.17) is 19.2 Å². The van der Waals surface area contributed by atoms with Gasteiger partial charge in [0.05, 0.1) is 35.9 Å². The van der Waals surface area contributed by atoms with Gasteiger partial charge in [0.1, 0.15) is 12.4 Å². The lowest BCUT2D eigenvalue weighted by molar-refractivity contribution is -0.140. The van der Waals surface area contributed by atoms with Crippen LogP contribution in [0.4, 0.5) is 5.95 Å². The second-order valence-corrected chi connectivity index (χ2v) is 7.41. The fraction of sp³-hybridized carbons (Fsp3) is 0.333. The first-order valence-corrected chi connectivity index (χ1v) is 10.5. The van der Waals surface area contributed by atoms with Crippen molar-refractivity contribution in [3.05, 3.63) is 65.4 Å². The van der Waals surface area contributed by atoms with Gasteiger partial charge in [-0.3, -0.25) is 4.57 Å². The van der Waals surface area contributed by atoms with E-state index in [1.54, 1.807) is 7.11 Å². The molecule has 4 rings (SSSR count). The molecule has 1 aromatic heterocycles. The number of hydrogen-bond donors (Lipinski definition) is 1. The quantitative estimate of drug-likeness (QED) is 0.432. The van der Waals surface area contributed by atoms with Gasteiger partial charge in [0.25, 0.3) is 0 Å². The number of para-hydroxylation sites is 2. The lowest BCUT2D eigenvalue weighted by Gasteiger charge is -2.30. The molecule has 0 spiro atoms. The fourth-order valence-corrected chi connectivity index (χ4v) is 3.83. The fourth-order valence-electron chi connectivity index (χ4n) is 3.83. The van der Waals surface area contributed by atoms with Crippen LogP contribution in [-0.2, 0) is 14.3 Å². The van der Waals surface area contributed by atoms with Gasteiger partial charge in [0.2, 0.25) is 5.95 Å². The summed E-state index contributed by atoms with van der Waals surface area (Å²) in [5, 5.41) is 3.29. The van der Waals surface area contributed by atoms with Gasteiger partial charge in [-0.2, -0.15) is 0 Å². The minimum absolute atomic E-state index is 0.190. The van der Waals surface area contributed by atoms with E-state index in [0.717, 1.165) is 34.5 Å². The Balaban J connectivity index is 1.83. The molecular formula is C24H27N3O4. The molecule has 7 nitrogen and oxygen atoms in total. The van der Waals surface area contributed by atoms with Gasteiger partial charge in [0, 0.05) is 12.8 Å². The van der Waals surface area contributed by atoms with Crippen molar-refractivity contribution in [3.8, 4) is 5.75 Å². The predicted molar refractivity (Wildman–Crippen MR) is 119 cm³/mol. The third kappa shape index (κ3) is 4.14. The van der Waals surface area contributed by atoms with Crippen molar-refractivity contribution in [3.63, 3.8) is 0 Å². The van der Waals surface area contributed by atoms with Crippen LogP contribution in [0.5, 0.6) is 5.75 Å². The smallest absolute Gasteiger partial charge is 0.338 e. The average molecular weight is 421 g/mol. The van der Waals surface area contributed by atoms with Crippen LogP contribution in [0.2, 0.25) is 0 Å². The third-order valence-electron chi connectivity index (χ3n) is 5.22. The molecule has 1 aliphatic heterocycles. The van der Waals surface area contributed by atoms with Gasteiger partial charge in [-0.05, 0) is 43.2 Å². The summed E-state index contributed by atoms with van der Waals surface area (Å²) < 4.78 is 18.5. The number of hydrogen-bond acceptors (Lipinski definition) is 6. The summed E-state index contributed by atoms with van der Waals surface area (Å²) >= 11 is 0. The van der Waals surface area contributed by atoms with Crippen LogP contribution in [0.3, 0.4) is 0 Å². The Labute approximate surface area is 181 Å². The zero-order valence-electron chi connectivity index (χ0n) is 18.1. The first-order valence-electron chi connectivity index (χ1n) is 10.5. The number of anilines is 1. The molecule has 1 atom stereocenters. The zero-order chi connectivity index (χ0) is 21.8. The van der Waals surface area contributed by atoms with Crippen LogP contribution in [0, 0.1) is 0 Å². The Bertz CT molecular complexity index is 1120. The Morgan fingerprint density at radius 2 is 1.97 bits per heavy atom. The van der Waals surface area contributed by atoms with E-state index in [1.807, 2.05) is 60.0 Å². The standard InChI is InChI=1S/C24H27N3O4/c1-4-12-30-18-9-7-8-17(15-18)22-21(23(28)31-14-13-29-3)16(2)25-24-26-19-10-5-6-11-20(19)27(22)24/h5-11,15,22H,4,12-14H2,1-3H3,(H,25,26). The molecule has 0 fully saturated rings. The molecule has 2 heterocycles. The van der Waals surface area contributed by atoms with E-state index in [0.29, 0.717) is 24.7 Å². The number of allylic oxidation sites excluding steroid dienone is 1. The van der Waals surface area contributed by atoms with E-state index >= 15 is 0 Å². The Morgan fingerprint density at radius 1 is 1.13 bits per heavy atom. The summed E-state index contributed by atoms with van der Waals surface area (Å²) in [6.07, 6.45) is 0.921. The van der Waals surface area contributed by atoms with Gasteiger partial charge < -0.3 is 19.5 Å². The van der Waals surface area contributed by atoms with E-state index < -0.39 is 6.04 Å². The van der Waals surface area contributed by atoms with Crippen molar-refractivity contribution < 1.29 is 19.0 Å². The number of nitrogens with one attached hydrogen (secondary N) is 1. The van der Waals surface area contributed by atoms with Crippen molar-refractivity contribution in [1.29, 1.82) is 0 Å². The van der Waals surface area contributed by atoms with Crippen LogP contribution >= 0.6 is 0 Å². The maximum absolute atomic E-state index is 13.2. The summed E-state index contributed by atoms with van der Waals surface area (Å²) in [6, 6.07) is 15.4. The number of rotatable bonds is 8. The van der Waals surface area contributed by atoms with Crippen molar-refractivity contribution in [2.45, 2.75) is 26.3 Å². The summed E-state index contributed by atoms with van der Waals surface area (Å²) in [6.45, 7) is 5.11. The molecule has 162 valence electrons. The molecule has 0 amide bonds. The maximum Gasteiger partial charge on any atom is 0.338 e. The second-order valence-electron chi connectivity index (χ2n) is 7.41. The Morgan fingerprint density at radius 3 is 2.77 bits per heavy atom. The maximum atomic E-state index is 13.2. The number of imidazole rings is 1. The molecule has 2 aromatic carbocycles. The molecule has 0 aliphatic carbocycles. The minimum atomic E-state index is -0.399. The van der Waals surface area contributed by atoms with Gasteiger partial charge >= 0.3 is 5.97 Å². The number of ether oxygens (including phenoxy) is 3.